The molecule has 0 N–H and O–H groups in total. The van der Waals surface area contributed by atoms with Gasteiger partial charge in [0.1, 0.15) is 11.4 Å². The van der Waals surface area contributed by atoms with Crippen molar-refractivity contribution in [3.63, 3.8) is 0 Å². The largest absolute Gasteiger partial charge is 0.481 e. The number of ketones is 1. The van der Waals surface area contributed by atoms with Gasteiger partial charge in [0.25, 0.3) is 6.43 Å². The summed E-state index contributed by atoms with van der Waals surface area (Å²) < 4.78 is 38.1. The first kappa shape index (κ1) is 19.4. The number of fused-ring (bicyclic) bond motifs is 1. The molecular formula is C20H20F2N4O3. The Labute approximate surface area is 165 Å². The molecule has 4 rings (SSSR count). The van der Waals surface area contributed by atoms with E-state index in [2.05, 4.69) is 15.0 Å². The molecule has 3 aromatic rings. The molecule has 0 unspecified atom stereocenters. The molecule has 152 valence electrons. The number of Topliss-reactive ketones (excluding diaryl/α,β-unsaturated/α-hetero) is 1. The van der Waals surface area contributed by atoms with Crippen molar-refractivity contribution >= 4 is 11.6 Å². The molecular weight excluding hydrogens is 382 g/mol. The van der Waals surface area contributed by atoms with E-state index >= 15 is 0 Å². The van der Waals surface area contributed by atoms with Crippen LogP contribution in [0, 0.1) is 0 Å². The minimum atomic E-state index is -2.73. The molecule has 1 aliphatic carbocycles. The van der Waals surface area contributed by atoms with Gasteiger partial charge in [0.2, 0.25) is 11.7 Å². The maximum Gasteiger partial charge on any atom is 0.280 e. The van der Waals surface area contributed by atoms with Gasteiger partial charge in [-0.2, -0.15) is 4.98 Å². The summed E-state index contributed by atoms with van der Waals surface area (Å²) in [6.07, 6.45) is 2.90. The number of ether oxygens (including phenoxy) is 2. The highest BCUT2D eigenvalue weighted by Crippen LogP contribution is 2.38. The fourth-order valence-electron chi connectivity index (χ4n) is 3.45. The van der Waals surface area contributed by atoms with Crippen molar-refractivity contribution in [1.29, 1.82) is 0 Å². The normalized spacial score (nSPS) is 18.8. The molecule has 7 nitrogen and oxygen atoms in total. The Morgan fingerprint density at radius 2 is 2.00 bits per heavy atom. The third-order valence-electron chi connectivity index (χ3n) is 5.17. The molecule has 29 heavy (non-hydrogen) atoms. The van der Waals surface area contributed by atoms with E-state index in [0.717, 1.165) is 18.5 Å². The fraction of sp³-hybridized carbons (Fsp3) is 0.400. The zero-order valence-corrected chi connectivity index (χ0v) is 16.0. The number of hydrogen-bond donors (Lipinski definition) is 0. The van der Waals surface area contributed by atoms with E-state index in [1.165, 1.54) is 25.3 Å². The predicted molar refractivity (Wildman–Crippen MR) is 99.5 cm³/mol. The second-order valence-corrected chi connectivity index (χ2v) is 7.02. The average molecular weight is 402 g/mol. The van der Waals surface area contributed by atoms with Crippen LogP contribution in [0.5, 0.6) is 5.88 Å². The number of alkyl halides is 2. The third kappa shape index (κ3) is 3.82. The highest BCUT2D eigenvalue weighted by atomic mass is 19.3. The number of aromatic nitrogens is 4. The molecule has 0 bridgehead atoms. The highest BCUT2D eigenvalue weighted by molar-refractivity contribution is 5.96. The molecule has 1 fully saturated rings. The summed E-state index contributed by atoms with van der Waals surface area (Å²) in [5, 5.41) is 0. The minimum Gasteiger partial charge on any atom is -0.481 e. The van der Waals surface area contributed by atoms with E-state index in [1.54, 1.807) is 17.7 Å². The summed E-state index contributed by atoms with van der Waals surface area (Å²) in [5.74, 6) is 0.677. The number of nitrogens with zero attached hydrogens (tertiary/aromatic N) is 4. The Balaban J connectivity index is 1.59. The van der Waals surface area contributed by atoms with Crippen LogP contribution in [-0.4, -0.2) is 45.5 Å². The van der Waals surface area contributed by atoms with Gasteiger partial charge in [-0.05, 0) is 25.0 Å². The fourth-order valence-corrected chi connectivity index (χ4v) is 3.45. The van der Waals surface area contributed by atoms with E-state index in [4.69, 9.17) is 9.47 Å². The van der Waals surface area contributed by atoms with Crippen LogP contribution < -0.4 is 4.74 Å². The van der Waals surface area contributed by atoms with Crippen LogP contribution >= 0.6 is 0 Å². The number of methoxy groups -OCH3 is 2. The van der Waals surface area contributed by atoms with Gasteiger partial charge in [0.15, 0.2) is 5.78 Å². The SMILES string of the molecule is COc1nc2nc(C3CC(OC)C3)cn2cc1CC(=O)c1cccc(C(F)F)n1. The molecule has 1 saturated carbocycles. The number of halogens is 2. The minimum absolute atomic E-state index is 0.0173. The van der Waals surface area contributed by atoms with Crippen molar-refractivity contribution < 1.29 is 23.0 Å². The summed E-state index contributed by atoms with van der Waals surface area (Å²) in [4.78, 5) is 25.3. The maximum absolute atomic E-state index is 12.9. The summed E-state index contributed by atoms with van der Waals surface area (Å²) in [7, 11) is 3.16. The molecule has 0 spiro atoms. The first-order valence-corrected chi connectivity index (χ1v) is 9.22. The summed E-state index contributed by atoms with van der Waals surface area (Å²) in [6, 6.07) is 4.01. The smallest absolute Gasteiger partial charge is 0.280 e. The second-order valence-electron chi connectivity index (χ2n) is 7.02. The lowest BCUT2D eigenvalue weighted by molar-refractivity contribution is 0.0249. The molecule has 0 aromatic carbocycles. The summed E-state index contributed by atoms with van der Waals surface area (Å²) in [6.45, 7) is 0. The predicted octanol–water partition coefficient (Wildman–Crippen LogP) is 3.39. The summed E-state index contributed by atoms with van der Waals surface area (Å²) >= 11 is 0. The van der Waals surface area contributed by atoms with Gasteiger partial charge in [0.05, 0.1) is 18.9 Å². The van der Waals surface area contributed by atoms with Gasteiger partial charge in [0, 0.05) is 37.4 Å². The highest BCUT2D eigenvalue weighted by Gasteiger charge is 2.32. The van der Waals surface area contributed by atoms with Crippen molar-refractivity contribution in [3.8, 4) is 5.88 Å². The van der Waals surface area contributed by atoms with E-state index in [0.29, 0.717) is 17.3 Å². The molecule has 3 aromatic heterocycles. The maximum atomic E-state index is 12.9. The van der Waals surface area contributed by atoms with E-state index in [1.807, 2.05) is 6.20 Å². The van der Waals surface area contributed by atoms with E-state index in [-0.39, 0.29) is 24.1 Å². The van der Waals surface area contributed by atoms with Gasteiger partial charge in [-0.25, -0.2) is 18.7 Å². The lowest BCUT2D eigenvalue weighted by Gasteiger charge is -2.32. The van der Waals surface area contributed by atoms with Crippen molar-refractivity contribution in [2.75, 3.05) is 14.2 Å². The number of carbonyl (C=O) groups excluding carboxylic acids is 1. The van der Waals surface area contributed by atoms with Crippen LogP contribution in [0.25, 0.3) is 5.78 Å². The van der Waals surface area contributed by atoms with Crippen molar-refractivity contribution in [2.24, 2.45) is 0 Å². The van der Waals surface area contributed by atoms with Crippen LogP contribution in [0.2, 0.25) is 0 Å². The molecule has 1 aliphatic rings. The molecule has 0 aliphatic heterocycles. The van der Waals surface area contributed by atoms with Crippen molar-refractivity contribution in [1.82, 2.24) is 19.4 Å². The lowest BCUT2D eigenvalue weighted by Crippen LogP contribution is -2.28. The quantitative estimate of drug-likeness (QED) is 0.564. The van der Waals surface area contributed by atoms with Gasteiger partial charge in [-0.1, -0.05) is 6.07 Å². The van der Waals surface area contributed by atoms with Gasteiger partial charge < -0.3 is 9.47 Å². The van der Waals surface area contributed by atoms with Crippen LogP contribution in [0.4, 0.5) is 8.78 Å². The number of hydrogen-bond acceptors (Lipinski definition) is 6. The molecule has 0 saturated heterocycles. The Kier molecular flexibility index (Phi) is 5.23. The Hall–Kier alpha value is -2.94. The zero-order chi connectivity index (χ0) is 20.5. The standard InChI is InChI=1S/C20H20F2N4O3/c1-28-13-6-11(7-13)16-10-26-9-12(19(29-2)25-20(26)24-16)8-17(27)14-4-3-5-15(23-14)18(21)22/h3-5,9-11,13,18H,6-8H2,1-2H3. The van der Waals surface area contributed by atoms with Gasteiger partial charge in [-0.3, -0.25) is 9.20 Å². The van der Waals surface area contributed by atoms with Crippen LogP contribution in [-0.2, 0) is 11.2 Å². The van der Waals surface area contributed by atoms with E-state index in [9.17, 15) is 13.6 Å². The van der Waals surface area contributed by atoms with Crippen LogP contribution in [0.1, 0.15) is 52.6 Å². The Bertz CT molecular complexity index is 1050. The van der Waals surface area contributed by atoms with Crippen LogP contribution in [0.15, 0.2) is 30.6 Å². The topological polar surface area (TPSA) is 78.6 Å². The first-order valence-electron chi connectivity index (χ1n) is 9.22. The van der Waals surface area contributed by atoms with Crippen LogP contribution in [0.3, 0.4) is 0 Å². The first-order chi connectivity index (χ1) is 14.0. The van der Waals surface area contributed by atoms with E-state index < -0.39 is 17.9 Å². The Morgan fingerprint density at radius 1 is 1.21 bits per heavy atom. The lowest BCUT2D eigenvalue weighted by atomic mass is 9.80. The van der Waals surface area contributed by atoms with Gasteiger partial charge in [-0.15, -0.1) is 0 Å². The number of carbonyl (C=O) groups is 1. The average Bonchev–Trinajstić information content (AvgIpc) is 3.08. The Morgan fingerprint density at radius 3 is 2.69 bits per heavy atom. The number of pyridine rings is 1. The monoisotopic (exact) mass is 402 g/mol. The number of rotatable bonds is 7. The van der Waals surface area contributed by atoms with Crippen molar-refractivity contribution in [2.45, 2.75) is 37.7 Å². The van der Waals surface area contributed by atoms with Crippen molar-refractivity contribution in [3.05, 3.63) is 53.2 Å². The zero-order valence-electron chi connectivity index (χ0n) is 16.0. The summed E-state index contributed by atoms with van der Waals surface area (Å²) in [5.41, 5.74) is 1.01. The molecule has 0 amide bonds. The molecule has 9 heteroatoms. The molecule has 3 heterocycles. The number of imidazole rings is 1. The molecule has 0 radical (unpaired) electrons. The van der Waals surface area contributed by atoms with Gasteiger partial charge >= 0.3 is 0 Å². The second kappa shape index (κ2) is 7.82. The third-order valence-corrected chi connectivity index (χ3v) is 5.17. The molecule has 0 atom stereocenters.